The van der Waals surface area contributed by atoms with Crippen LogP contribution in [0.2, 0.25) is 0 Å². The van der Waals surface area contributed by atoms with E-state index in [1.807, 2.05) is 17.0 Å². The molecule has 1 atom stereocenters. The molecule has 6 nitrogen and oxygen atoms in total. The number of piperidine rings is 1. The molecule has 0 bridgehead atoms. The zero-order valence-electron chi connectivity index (χ0n) is 13.8. The maximum Gasteiger partial charge on any atom is 0.321 e. The van der Waals surface area contributed by atoms with Crippen molar-refractivity contribution in [2.75, 3.05) is 49.6 Å². The number of nitrogens with zero attached hydrogens (tertiary/aromatic N) is 3. The maximum atomic E-state index is 12.4. The van der Waals surface area contributed by atoms with Gasteiger partial charge in [-0.05, 0) is 30.9 Å². The van der Waals surface area contributed by atoms with E-state index in [2.05, 4.69) is 22.1 Å². The SMILES string of the molecule is CCC1CCCN(C(=O)Nc2ccc(N3CCOCC3)nc2)C1. The molecule has 0 aromatic carbocycles. The van der Waals surface area contributed by atoms with Crippen LogP contribution in [0.3, 0.4) is 0 Å². The van der Waals surface area contributed by atoms with Gasteiger partial charge in [0, 0.05) is 26.2 Å². The minimum absolute atomic E-state index is 0.0101. The fourth-order valence-electron chi connectivity index (χ4n) is 3.22. The molecule has 3 heterocycles. The van der Waals surface area contributed by atoms with E-state index in [0.29, 0.717) is 5.92 Å². The van der Waals surface area contributed by atoms with Gasteiger partial charge in [-0.15, -0.1) is 0 Å². The number of anilines is 2. The third kappa shape index (κ3) is 4.13. The molecule has 1 N–H and O–H groups in total. The van der Waals surface area contributed by atoms with Gasteiger partial charge in [0.05, 0.1) is 25.1 Å². The lowest BCUT2D eigenvalue weighted by molar-refractivity contribution is 0.122. The molecular weight excluding hydrogens is 292 g/mol. The number of carbonyl (C=O) groups is 1. The minimum atomic E-state index is -0.0101. The highest BCUT2D eigenvalue weighted by molar-refractivity contribution is 5.89. The first-order valence-electron chi connectivity index (χ1n) is 8.61. The van der Waals surface area contributed by atoms with Gasteiger partial charge >= 0.3 is 6.03 Å². The van der Waals surface area contributed by atoms with Crippen molar-refractivity contribution < 1.29 is 9.53 Å². The van der Waals surface area contributed by atoms with Gasteiger partial charge in [-0.25, -0.2) is 9.78 Å². The third-order valence-electron chi connectivity index (χ3n) is 4.72. The highest BCUT2D eigenvalue weighted by Crippen LogP contribution is 2.20. The fraction of sp³-hybridized carbons (Fsp3) is 0.647. The monoisotopic (exact) mass is 318 g/mol. The molecule has 2 saturated heterocycles. The van der Waals surface area contributed by atoms with Gasteiger partial charge in [-0.2, -0.15) is 0 Å². The summed E-state index contributed by atoms with van der Waals surface area (Å²) < 4.78 is 5.35. The highest BCUT2D eigenvalue weighted by Gasteiger charge is 2.22. The van der Waals surface area contributed by atoms with Crippen LogP contribution in [0.15, 0.2) is 18.3 Å². The van der Waals surface area contributed by atoms with Crippen molar-refractivity contribution in [1.29, 1.82) is 0 Å². The molecule has 126 valence electrons. The van der Waals surface area contributed by atoms with Crippen LogP contribution in [-0.4, -0.2) is 55.3 Å². The minimum Gasteiger partial charge on any atom is -0.378 e. The number of rotatable bonds is 3. The van der Waals surface area contributed by atoms with Crippen molar-refractivity contribution in [1.82, 2.24) is 9.88 Å². The first-order valence-corrected chi connectivity index (χ1v) is 8.61. The highest BCUT2D eigenvalue weighted by atomic mass is 16.5. The number of pyridine rings is 1. The number of morpholine rings is 1. The number of nitrogens with one attached hydrogen (secondary N) is 1. The summed E-state index contributed by atoms with van der Waals surface area (Å²) >= 11 is 0. The van der Waals surface area contributed by atoms with E-state index in [1.54, 1.807) is 6.20 Å². The number of ether oxygens (including phenoxy) is 1. The zero-order chi connectivity index (χ0) is 16.1. The van der Waals surface area contributed by atoms with Crippen LogP contribution in [0.25, 0.3) is 0 Å². The second kappa shape index (κ2) is 7.64. The molecular formula is C17H26N4O2. The molecule has 0 aliphatic carbocycles. The average molecular weight is 318 g/mol. The normalized spacial score (nSPS) is 22.0. The summed E-state index contributed by atoms with van der Waals surface area (Å²) in [6.45, 7) is 7.13. The summed E-state index contributed by atoms with van der Waals surface area (Å²) in [5, 5.41) is 2.97. The Balaban J connectivity index is 1.56. The van der Waals surface area contributed by atoms with E-state index in [1.165, 1.54) is 6.42 Å². The Bertz CT molecular complexity index is 514. The molecule has 0 radical (unpaired) electrons. The zero-order valence-corrected chi connectivity index (χ0v) is 13.8. The fourth-order valence-corrected chi connectivity index (χ4v) is 3.22. The topological polar surface area (TPSA) is 57.7 Å². The van der Waals surface area contributed by atoms with E-state index in [4.69, 9.17) is 4.74 Å². The Hall–Kier alpha value is -1.82. The van der Waals surface area contributed by atoms with Crippen molar-refractivity contribution in [2.45, 2.75) is 26.2 Å². The Morgan fingerprint density at radius 1 is 1.35 bits per heavy atom. The van der Waals surface area contributed by atoms with Crippen molar-refractivity contribution in [2.24, 2.45) is 5.92 Å². The van der Waals surface area contributed by atoms with Gasteiger partial charge in [0.1, 0.15) is 5.82 Å². The lowest BCUT2D eigenvalue weighted by atomic mass is 9.96. The van der Waals surface area contributed by atoms with Crippen molar-refractivity contribution in [3.8, 4) is 0 Å². The summed E-state index contributed by atoms with van der Waals surface area (Å²) in [6, 6.07) is 3.88. The smallest absolute Gasteiger partial charge is 0.321 e. The Kier molecular flexibility index (Phi) is 5.33. The molecule has 2 amide bonds. The van der Waals surface area contributed by atoms with Crippen LogP contribution in [0, 0.1) is 5.92 Å². The third-order valence-corrected chi connectivity index (χ3v) is 4.72. The summed E-state index contributed by atoms with van der Waals surface area (Å²) in [4.78, 5) is 21.0. The number of carbonyl (C=O) groups excluding carboxylic acids is 1. The van der Waals surface area contributed by atoms with Crippen molar-refractivity contribution in [3.63, 3.8) is 0 Å². The van der Waals surface area contributed by atoms with Crippen LogP contribution in [-0.2, 0) is 4.74 Å². The first-order chi connectivity index (χ1) is 11.3. The molecule has 0 saturated carbocycles. The standard InChI is InChI=1S/C17H26N4O2/c1-2-14-4-3-7-21(13-14)17(22)19-15-5-6-16(18-12-15)20-8-10-23-11-9-20/h5-6,12,14H,2-4,7-11,13H2,1H3,(H,19,22). The van der Waals surface area contributed by atoms with E-state index >= 15 is 0 Å². The lowest BCUT2D eigenvalue weighted by Gasteiger charge is -2.32. The number of amides is 2. The molecule has 0 spiro atoms. The summed E-state index contributed by atoms with van der Waals surface area (Å²) in [5.74, 6) is 1.58. The van der Waals surface area contributed by atoms with Crippen LogP contribution in [0.1, 0.15) is 26.2 Å². The summed E-state index contributed by atoms with van der Waals surface area (Å²) in [5.41, 5.74) is 0.755. The number of urea groups is 1. The molecule has 1 aromatic rings. The predicted molar refractivity (Wildman–Crippen MR) is 90.9 cm³/mol. The van der Waals surface area contributed by atoms with E-state index in [9.17, 15) is 4.79 Å². The summed E-state index contributed by atoms with van der Waals surface area (Å²) in [6.07, 6.45) is 5.21. The van der Waals surface area contributed by atoms with Gasteiger partial charge in [0.2, 0.25) is 0 Å². The number of hydrogen-bond acceptors (Lipinski definition) is 4. The van der Waals surface area contributed by atoms with Crippen LogP contribution in [0.4, 0.5) is 16.3 Å². The van der Waals surface area contributed by atoms with Gasteiger partial charge < -0.3 is 19.9 Å². The molecule has 1 unspecified atom stereocenters. The molecule has 1 aromatic heterocycles. The largest absolute Gasteiger partial charge is 0.378 e. The number of hydrogen-bond donors (Lipinski definition) is 1. The second-order valence-corrected chi connectivity index (χ2v) is 6.30. The van der Waals surface area contributed by atoms with Crippen molar-refractivity contribution >= 4 is 17.5 Å². The molecule has 2 fully saturated rings. The predicted octanol–water partition coefficient (Wildman–Crippen LogP) is 2.57. The van der Waals surface area contributed by atoms with Gasteiger partial charge in [0.15, 0.2) is 0 Å². The average Bonchev–Trinajstić information content (AvgIpc) is 2.63. The van der Waals surface area contributed by atoms with E-state index < -0.39 is 0 Å². The molecule has 2 aliphatic rings. The molecule has 6 heteroatoms. The summed E-state index contributed by atoms with van der Waals surface area (Å²) in [7, 11) is 0. The van der Waals surface area contributed by atoms with Gasteiger partial charge in [0.25, 0.3) is 0 Å². The van der Waals surface area contributed by atoms with Gasteiger partial charge in [-0.3, -0.25) is 0 Å². The molecule has 3 rings (SSSR count). The maximum absolute atomic E-state index is 12.4. The van der Waals surface area contributed by atoms with Crippen LogP contribution in [0.5, 0.6) is 0 Å². The number of aromatic nitrogens is 1. The Labute approximate surface area is 137 Å². The quantitative estimate of drug-likeness (QED) is 0.930. The molecule has 23 heavy (non-hydrogen) atoms. The van der Waals surface area contributed by atoms with E-state index in [-0.39, 0.29) is 6.03 Å². The van der Waals surface area contributed by atoms with E-state index in [0.717, 1.165) is 63.7 Å². The number of likely N-dealkylation sites (tertiary alicyclic amines) is 1. The lowest BCUT2D eigenvalue weighted by Crippen LogP contribution is -2.42. The second-order valence-electron chi connectivity index (χ2n) is 6.30. The van der Waals surface area contributed by atoms with Crippen LogP contribution < -0.4 is 10.2 Å². The Morgan fingerprint density at radius 3 is 2.87 bits per heavy atom. The van der Waals surface area contributed by atoms with Crippen LogP contribution >= 0.6 is 0 Å². The molecule has 2 aliphatic heterocycles. The van der Waals surface area contributed by atoms with Crippen molar-refractivity contribution in [3.05, 3.63) is 18.3 Å². The van der Waals surface area contributed by atoms with Gasteiger partial charge in [-0.1, -0.05) is 13.3 Å². The Morgan fingerprint density at radius 2 is 2.17 bits per heavy atom. The first kappa shape index (κ1) is 16.1.